The molecule has 0 aliphatic carbocycles. The van der Waals surface area contributed by atoms with E-state index < -0.39 is 0 Å². The smallest absolute Gasteiger partial charge is 0.261 e. The van der Waals surface area contributed by atoms with Crippen molar-refractivity contribution in [3.63, 3.8) is 0 Å². The summed E-state index contributed by atoms with van der Waals surface area (Å²) in [5.74, 6) is 0.706. The molecule has 6 nitrogen and oxygen atoms in total. The van der Waals surface area contributed by atoms with Gasteiger partial charge in [0.1, 0.15) is 5.75 Å². The summed E-state index contributed by atoms with van der Waals surface area (Å²) in [7, 11) is 1.60. The van der Waals surface area contributed by atoms with Crippen molar-refractivity contribution in [2.75, 3.05) is 46.4 Å². The van der Waals surface area contributed by atoms with E-state index in [1.54, 1.807) is 13.2 Å². The average Bonchev–Trinajstić information content (AvgIpc) is 3.23. The summed E-state index contributed by atoms with van der Waals surface area (Å²) < 4.78 is 5.19. The lowest BCUT2D eigenvalue weighted by molar-refractivity contribution is 0.0637. The molecule has 0 saturated carbocycles. The molecule has 0 spiro atoms. The third kappa shape index (κ3) is 4.62. The first kappa shape index (κ1) is 18.4. The highest BCUT2D eigenvalue weighted by atomic mass is 32.1. The Hall–Kier alpha value is -2.38. The van der Waals surface area contributed by atoms with E-state index in [0.29, 0.717) is 30.9 Å². The Balaban J connectivity index is 1.42. The molecule has 138 valence electrons. The number of amides is 2. The summed E-state index contributed by atoms with van der Waals surface area (Å²) in [6.07, 6.45) is 0. The van der Waals surface area contributed by atoms with Gasteiger partial charge in [-0.3, -0.25) is 14.5 Å². The second-order valence-corrected chi connectivity index (χ2v) is 7.05. The topological polar surface area (TPSA) is 61.9 Å². The molecule has 0 bridgehead atoms. The van der Waals surface area contributed by atoms with Crippen molar-refractivity contribution in [1.29, 1.82) is 0 Å². The molecule has 1 aromatic carbocycles. The molecule has 1 aliphatic heterocycles. The number of ether oxygens (including phenoxy) is 1. The lowest BCUT2D eigenvalue weighted by Crippen LogP contribution is -2.50. The summed E-state index contributed by atoms with van der Waals surface area (Å²) in [5, 5.41) is 4.84. The van der Waals surface area contributed by atoms with Crippen LogP contribution in [-0.2, 0) is 0 Å². The number of hydrogen-bond donors (Lipinski definition) is 1. The average molecular weight is 373 g/mol. The maximum Gasteiger partial charge on any atom is 0.261 e. The Morgan fingerprint density at radius 3 is 2.65 bits per heavy atom. The van der Waals surface area contributed by atoms with E-state index in [1.165, 1.54) is 11.3 Å². The van der Waals surface area contributed by atoms with Gasteiger partial charge in [-0.2, -0.15) is 0 Å². The molecule has 7 heteroatoms. The SMILES string of the molecule is COc1cccc(C(=O)N2CCN(CCNC(=O)c3cccs3)CC2)c1. The second-order valence-electron chi connectivity index (χ2n) is 6.10. The van der Waals surface area contributed by atoms with Crippen LogP contribution in [0, 0.1) is 0 Å². The van der Waals surface area contributed by atoms with Crippen LogP contribution in [0.3, 0.4) is 0 Å². The summed E-state index contributed by atoms with van der Waals surface area (Å²) >= 11 is 1.44. The van der Waals surface area contributed by atoms with Crippen molar-refractivity contribution in [3.8, 4) is 5.75 Å². The van der Waals surface area contributed by atoms with E-state index in [0.717, 1.165) is 24.5 Å². The number of nitrogens with one attached hydrogen (secondary N) is 1. The van der Waals surface area contributed by atoms with Crippen molar-refractivity contribution in [2.24, 2.45) is 0 Å². The van der Waals surface area contributed by atoms with Gasteiger partial charge in [0, 0.05) is 44.8 Å². The van der Waals surface area contributed by atoms with Gasteiger partial charge in [-0.15, -0.1) is 11.3 Å². The minimum Gasteiger partial charge on any atom is -0.497 e. The molecular weight excluding hydrogens is 350 g/mol. The van der Waals surface area contributed by atoms with Gasteiger partial charge >= 0.3 is 0 Å². The zero-order valence-electron chi connectivity index (χ0n) is 14.8. The second kappa shape index (κ2) is 8.82. The van der Waals surface area contributed by atoms with Gasteiger partial charge in [0.05, 0.1) is 12.0 Å². The number of carbonyl (C=O) groups excluding carboxylic acids is 2. The predicted octanol–water partition coefficient (Wildman–Crippen LogP) is 1.94. The van der Waals surface area contributed by atoms with Crippen LogP contribution in [0.15, 0.2) is 41.8 Å². The Morgan fingerprint density at radius 1 is 1.15 bits per heavy atom. The number of methoxy groups -OCH3 is 1. The van der Waals surface area contributed by atoms with Gasteiger partial charge in [-0.05, 0) is 29.6 Å². The van der Waals surface area contributed by atoms with E-state index in [2.05, 4.69) is 10.2 Å². The highest BCUT2D eigenvalue weighted by molar-refractivity contribution is 7.12. The fourth-order valence-corrected chi connectivity index (χ4v) is 3.58. The van der Waals surface area contributed by atoms with Crippen molar-refractivity contribution in [1.82, 2.24) is 15.1 Å². The van der Waals surface area contributed by atoms with Gasteiger partial charge in [-0.25, -0.2) is 0 Å². The molecule has 1 aliphatic rings. The number of benzene rings is 1. The summed E-state index contributed by atoms with van der Waals surface area (Å²) in [5.41, 5.74) is 0.654. The first-order valence-corrected chi connectivity index (χ1v) is 9.53. The lowest BCUT2D eigenvalue weighted by atomic mass is 10.1. The summed E-state index contributed by atoms with van der Waals surface area (Å²) in [6, 6.07) is 10.9. The third-order valence-corrected chi connectivity index (χ3v) is 5.30. The molecule has 26 heavy (non-hydrogen) atoms. The van der Waals surface area contributed by atoms with Gasteiger partial charge in [0.25, 0.3) is 11.8 Å². The Kier molecular flexibility index (Phi) is 6.25. The maximum atomic E-state index is 12.6. The Bertz CT molecular complexity index is 740. The molecule has 1 saturated heterocycles. The molecule has 0 atom stereocenters. The van der Waals surface area contributed by atoms with E-state index in [9.17, 15) is 9.59 Å². The van der Waals surface area contributed by atoms with E-state index in [1.807, 2.05) is 40.6 Å². The fraction of sp³-hybridized carbons (Fsp3) is 0.368. The number of piperazine rings is 1. The number of thiophene rings is 1. The molecule has 1 fully saturated rings. The van der Waals surface area contributed by atoms with Gasteiger partial charge < -0.3 is 15.0 Å². The van der Waals surface area contributed by atoms with Crippen LogP contribution in [0.4, 0.5) is 0 Å². The molecule has 0 unspecified atom stereocenters. The molecule has 2 heterocycles. The van der Waals surface area contributed by atoms with Gasteiger partial charge in [-0.1, -0.05) is 12.1 Å². The normalized spacial score (nSPS) is 14.9. The van der Waals surface area contributed by atoms with Gasteiger partial charge in [0.2, 0.25) is 0 Å². The number of carbonyl (C=O) groups is 2. The first-order chi connectivity index (χ1) is 12.7. The predicted molar refractivity (Wildman–Crippen MR) is 102 cm³/mol. The Morgan fingerprint density at radius 2 is 1.96 bits per heavy atom. The number of rotatable bonds is 6. The Labute approximate surface area is 157 Å². The van der Waals surface area contributed by atoms with Crippen LogP contribution in [-0.4, -0.2) is 68.0 Å². The van der Waals surface area contributed by atoms with Crippen LogP contribution in [0.25, 0.3) is 0 Å². The van der Waals surface area contributed by atoms with Crippen LogP contribution in [0.1, 0.15) is 20.0 Å². The number of nitrogens with zero attached hydrogens (tertiary/aromatic N) is 2. The summed E-state index contributed by atoms with van der Waals surface area (Å²) in [4.78, 5) is 29.4. The van der Waals surface area contributed by atoms with Crippen LogP contribution in [0.5, 0.6) is 5.75 Å². The quantitative estimate of drug-likeness (QED) is 0.841. The van der Waals surface area contributed by atoms with E-state index >= 15 is 0 Å². The van der Waals surface area contributed by atoms with E-state index in [4.69, 9.17) is 4.74 Å². The van der Waals surface area contributed by atoms with Crippen LogP contribution < -0.4 is 10.1 Å². The molecule has 2 aromatic rings. The zero-order valence-corrected chi connectivity index (χ0v) is 15.6. The van der Waals surface area contributed by atoms with E-state index in [-0.39, 0.29) is 11.8 Å². The molecule has 2 amide bonds. The minimum atomic E-state index is -0.0214. The minimum absolute atomic E-state index is 0.0214. The third-order valence-electron chi connectivity index (χ3n) is 4.43. The first-order valence-electron chi connectivity index (χ1n) is 8.65. The molecule has 1 aromatic heterocycles. The van der Waals surface area contributed by atoms with Gasteiger partial charge in [0.15, 0.2) is 0 Å². The molecular formula is C19H23N3O3S. The summed E-state index contributed by atoms with van der Waals surface area (Å²) in [6.45, 7) is 4.40. The monoisotopic (exact) mass is 373 g/mol. The number of hydrogen-bond acceptors (Lipinski definition) is 5. The van der Waals surface area contributed by atoms with Crippen LogP contribution in [0.2, 0.25) is 0 Å². The van der Waals surface area contributed by atoms with Crippen LogP contribution >= 0.6 is 11.3 Å². The van der Waals surface area contributed by atoms with Crippen molar-refractivity contribution in [2.45, 2.75) is 0 Å². The lowest BCUT2D eigenvalue weighted by Gasteiger charge is -2.34. The molecule has 0 radical (unpaired) electrons. The van der Waals surface area contributed by atoms with Crippen molar-refractivity contribution < 1.29 is 14.3 Å². The zero-order chi connectivity index (χ0) is 18.4. The maximum absolute atomic E-state index is 12.6. The largest absolute Gasteiger partial charge is 0.497 e. The van der Waals surface area contributed by atoms with Crippen molar-refractivity contribution in [3.05, 3.63) is 52.2 Å². The highest BCUT2D eigenvalue weighted by Crippen LogP contribution is 2.15. The molecule has 1 N–H and O–H groups in total. The fourth-order valence-electron chi connectivity index (χ4n) is 2.94. The molecule has 3 rings (SSSR count). The highest BCUT2D eigenvalue weighted by Gasteiger charge is 2.22. The van der Waals surface area contributed by atoms with Crippen molar-refractivity contribution >= 4 is 23.2 Å². The standard InChI is InChI=1S/C19H23N3O3S/c1-25-16-5-2-4-15(14-16)19(24)22-11-9-21(10-12-22)8-7-20-18(23)17-6-3-13-26-17/h2-6,13-14H,7-12H2,1H3,(H,20,23).